The number of benzene rings is 2. The molecule has 2 aliphatic heterocycles. The average Bonchev–Trinajstić information content (AvgIpc) is 3.40. The minimum absolute atomic E-state index is 0.0202. The summed E-state index contributed by atoms with van der Waals surface area (Å²) in [4.78, 5) is 26.9. The van der Waals surface area contributed by atoms with Gasteiger partial charge in [-0.3, -0.25) is 9.59 Å². The number of anilines is 1. The van der Waals surface area contributed by atoms with Crippen LogP contribution >= 0.6 is 0 Å². The number of ether oxygens (including phenoxy) is 1. The number of hydrogen-bond acceptors (Lipinski definition) is 5. The fourth-order valence-corrected chi connectivity index (χ4v) is 5.01. The van der Waals surface area contributed by atoms with Crippen LogP contribution in [0.3, 0.4) is 0 Å². The lowest BCUT2D eigenvalue weighted by atomic mass is 9.96. The van der Waals surface area contributed by atoms with E-state index in [2.05, 4.69) is 12.0 Å². The van der Waals surface area contributed by atoms with Gasteiger partial charge in [-0.2, -0.15) is 5.10 Å². The van der Waals surface area contributed by atoms with Gasteiger partial charge >= 0.3 is 0 Å². The molecule has 1 saturated heterocycles. The molecule has 2 aromatic carbocycles. The summed E-state index contributed by atoms with van der Waals surface area (Å²) in [5.41, 5.74) is 3.65. The monoisotopic (exact) mass is 489 g/mol. The van der Waals surface area contributed by atoms with Crippen LogP contribution < -0.4 is 5.01 Å². The van der Waals surface area contributed by atoms with Crippen molar-refractivity contribution in [1.82, 2.24) is 4.90 Å². The zero-order valence-electron chi connectivity index (χ0n) is 21.0. The predicted octanol–water partition coefficient (Wildman–Crippen LogP) is 4.47. The van der Waals surface area contributed by atoms with E-state index in [0.29, 0.717) is 19.3 Å². The third-order valence-corrected chi connectivity index (χ3v) is 6.98. The molecule has 2 amide bonds. The van der Waals surface area contributed by atoms with Crippen molar-refractivity contribution in [3.05, 3.63) is 77.9 Å². The molecular formula is C29H35N3O4. The van der Waals surface area contributed by atoms with E-state index in [9.17, 15) is 14.7 Å². The van der Waals surface area contributed by atoms with Crippen molar-refractivity contribution < 1.29 is 19.4 Å². The Hall–Kier alpha value is -3.29. The first-order chi connectivity index (χ1) is 17.5. The van der Waals surface area contributed by atoms with Crippen molar-refractivity contribution in [1.29, 1.82) is 0 Å². The van der Waals surface area contributed by atoms with Gasteiger partial charge < -0.3 is 14.7 Å². The Balaban J connectivity index is 1.41. The Morgan fingerprint density at radius 1 is 1.17 bits per heavy atom. The topological polar surface area (TPSA) is 82.4 Å². The lowest BCUT2D eigenvalue weighted by Gasteiger charge is -2.25. The fraction of sp³-hybridized carbons (Fsp3) is 0.414. The molecule has 190 valence electrons. The Labute approximate surface area is 213 Å². The SMILES string of the molecule is CO[C@H](c1ccc(N2N=C(c3ccccc3)CCC2=O)cc1)[C@H](C)/C=C/CC(=O)N1CCC[C@H]1CO. The van der Waals surface area contributed by atoms with Crippen molar-refractivity contribution in [2.45, 2.75) is 51.2 Å². The predicted molar refractivity (Wildman–Crippen MR) is 141 cm³/mol. The van der Waals surface area contributed by atoms with E-state index in [1.54, 1.807) is 12.0 Å². The third-order valence-electron chi connectivity index (χ3n) is 6.98. The number of nitrogens with zero attached hydrogens (tertiary/aromatic N) is 3. The fourth-order valence-electron chi connectivity index (χ4n) is 5.01. The van der Waals surface area contributed by atoms with E-state index in [1.807, 2.05) is 66.7 Å². The summed E-state index contributed by atoms with van der Waals surface area (Å²) >= 11 is 0. The van der Waals surface area contributed by atoms with E-state index in [1.165, 1.54) is 5.01 Å². The van der Waals surface area contributed by atoms with E-state index in [0.717, 1.165) is 41.9 Å². The van der Waals surface area contributed by atoms with Gasteiger partial charge in [0.1, 0.15) is 0 Å². The van der Waals surface area contributed by atoms with Crippen LogP contribution in [0.2, 0.25) is 0 Å². The van der Waals surface area contributed by atoms with Gasteiger partial charge in [0.05, 0.1) is 30.2 Å². The van der Waals surface area contributed by atoms with Gasteiger partial charge in [0, 0.05) is 38.8 Å². The van der Waals surface area contributed by atoms with Gasteiger partial charge in [-0.25, -0.2) is 5.01 Å². The van der Waals surface area contributed by atoms with Crippen molar-refractivity contribution in [2.75, 3.05) is 25.3 Å². The summed E-state index contributed by atoms with van der Waals surface area (Å²) < 4.78 is 5.78. The lowest BCUT2D eigenvalue weighted by molar-refractivity contribution is -0.131. The van der Waals surface area contributed by atoms with E-state index >= 15 is 0 Å². The number of carbonyl (C=O) groups is 2. The highest BCUT2D eigenvalue weighted by Crippen LogP contribution is 2.30. The quantitative estimate of drug-likeness (QED) is 0.527. The molecule has 3 atom stereocenters. The Kier molecular flexibility index (Phi) is 8.67. The lowest BCUT2D eigenvalue weighted by Crippen LogP contribution is -2.37. The molecule has 7 nitrogen and oxygen atoms in total. The molecule has 0 aromatic heterocycles. The van der Waals surface area contributed by atoms with Crippen LogP contribution in [0.1, 0.15) is 56.3 Å². The molecule has 2 aromatic rings. The van der Waals surface area contributed by atoms with Crippen LogP contribution in [0.25, 0.3) is 0 Å². The van der Waals surface area contributed by atoms with Crippen LogP contribution in [-0.4, -0.2) is 53.8 Å². The van der Waals surface area contributed by atoms with Crippen LogP contribution in [0.5, 0.6) is 0 Å². The zero-order chi connectivity index (χ0) is 25.5. The van der Waals surface area contributed by atoms with E-state index < -0.39 is 0 Å². The largest absolute Gasteiger partial charge is 0.394 e. The first-order valence-electron chi connectivity index (χ1n) is 12.7. The van der Waals surface area contributed by atoms with Crippen LogP contribution in [-0.2, 0) is 14.3 Å². The first-order valence-corrected chi connectivity index (χ1v) is 12.7. The molecule has 2 heterocycles. The van der Waals surface area contributed by atoms with Crippen LogP contribution in [0.15, 0.2) is 71.9 Å². The van der Waals surface area contributed by atoms with Gasteiger partial charge in [0.25, 0.3) is 0 Å². The smallest absolute Gasteiger partial charge is 0.247 e. The second-order valence-electron chi connectivity index (χ2n) is 9.42. The summed E-state index contributed by atoms with van der Waals surface area (Å²) in [5, 5.41) is 15.6. The number of hydrazone groups is 1. The zero-order valence-corrected chi connectivity index (χ0v) is 21.0. The molecule has 0 radical (unpaired) electrons. The van der Waals surface area contributed by atoms with Gasteiger partial charge in [-0.1, -0.05) is 61.5 Å². The number of carbonyl (C=O) groups excluding carboxylic acids is 2. The minimum Gasteiger partial charge on any atom is -0.394 e. The summed E-state index contributed by atoms with van der Waals surface area (Å²) in [6.45, 7) is 2.80. The molecule has 0 bridgehead atoms. The molecule has 0 spiro atoms. The number of rotatable bonds is 9. The minimum atomic E-state index is -0.192. The van der Waals surface area contributed by atoms with Gasteiger partial charge in [0.15, 0.2) is 0 Å². The summed E-state index contributed by atoms with van der Waals surface area (Å²) in [6.07, 6.45) is 6.90. The molecule has 4 rings (SSSR count). The van der Waals surface area contributed by atoms with E-state index in [-0.39, 0.29) is 36.5 Å². The van der Waals surface area contributed by atoms with Gasteiger partial charge in [-0.15, -0.1) is 0 Å². The summed E-state index contributed by atoms with van der Waals surface area (Å²) in [5.74, 6) is 0.0725. The Bertz CT molecular complexity index is 1100. The number of aliphatic hydroxyl groups is 1. The molecule has 0 saturated carbocycles. The highest BCUT2D eigenvalue weighted by atomic mass is 16.5. The maximum Gasteiger partial charge on any atom is 0.247 e. The molecule has 0 aliphatic carbocycles. The highest BCUT2D eigenvalue weighted by molar-refractivity contribution is 6.08. The third kappa shape index (κ3) is 5.91. The average molecular weight is 490 g/mol. The van der Waals surface area contributed by atoms with Crippen molar-refractivity contribution in [3.8, 4) is 0 Å². The highest BCUT2D eigenvalue weighted by Gasteiger charge is 2.27. The second kappa shape index (κ2) is 12.1. The van der Waals surface area contributed by atoms with Gasteiger partial charge in [-0.05, 0) is 36.1 Å². The van der Waals surface area contributed by atoms with Crippen molar-refractivity contribution in [3.63, 3.8) is 0 Å². The molecule has 36 heavy (non-hydrogen) atoms. The number of likely N-dealkylation sites (tertiary alicyclic amines) is 1. The Morgan fingerprint density at radius 3 is 2.61 bits per heavy atom. The Morgan fingerprint density at radius 2 is 1.92 bits per heavy atom. The van der Waals surface area contributed by atoms with Crippen molar-refractivity contribution in [2.24, 2.45) is 11.0 Å². The number of amides is 2. The molecule has 7 heteroatoms. The number of methoxy groups -OCH3 is 1. The molecular weight excluding hydrogens is 454 g/mol. The van der Waals surface area contributed by atoms with Crippen molar-refractivity contribution >= 4 is 23.2 Å². The summed E-state index contributed by atoms with van der Waals surface area (Å²) in [7, 11) is 1.68. The normalized spacial score (nSPS) is 20.0. The maximum absolute atomic E-state index is 12.6. The maximum atomic E-state index is 12.6. The van der Waals surface area contributed by atoms with Gasteiger partial charge in [0.2, 0.25) is 11.8 Å². The first kappa shape index (κ1) is 25.8. The number of aliphatic hydroxyl groups excluding tert-OH is 1. The second-order valence-corrected chi connectivity index (χ2v) is 9.42. The summed E-state index contributed by atoms with van der Waals surface area (Å²) in [6, 6.07) is 17.6. The standard InChI is InChI=1S/C29H35N3O4/c1-21(8-6-12-27(34)31-19-7-11-25(31)20-33)29(36-2)23-13-15-24(16-14-23)32-28(35)18-17-26(30-32)22-9-4-3-5-10-22/h3-6,8-10,13-16,21,25,29,33H,7,11-12,17-20H2,1-2H3/b8-6+/t21-,25+,29+/m1/s1. The number of hydrogen-bond donors (Lipinski definition) is 1. The van der Waals surface area contributed by atoms with Crippen LogP contribution in [0, 0.1) is 5.92 Å². The molecule has 0 unspecified atom stereocenters. The molecule has 1 N–H and O–H groups in total. The molecule has 1 fully saturated rings. The molecule has 2 aliphatic rings. The van der Waals surface area contributed by atoms with Crippen LogP contribution in [0.4, 0.5) is 5.69 Å². The van der Waals surface area contributed by atoms with E-state index in [4.69, 9.17) is 4.74 Å².